The Balaban J connectivity index is 1.87. The second-order valence-electron chi connectivity index (χ2n) is 6.13. The summed E-state index contributed by atoms with van der Waals surface area (Å²) in [7, 11) is 0. The molecule has 136 valence electrons. The van der Waals surface area contributed by atoms with Crippen LogP contribution in [0.1, 0.15) is 12.0 Å². The van der Waals surface area contributed by atoms with Crippen LogP contribution in [0.2, 0.25) is 0 Å². The van der Waals surface area contributed by atoms with Gasteiger partial charge in [-0.1, -0.05) is 18.2 Å². The minimum absolute atomic E-state index is 0.0973. The fourth-order valence-electron chi connectivity index (χ4n) is 3.06. The SMILES string of the molecule is NC(CC1=c2ccccc2=N/C1=C/c1c(-c2ccco2)[nH][nH]c1=O)C(=O)O. The van der Waals surface area contributed by atoms with E-state index in [-0.39, 0.29) is 12.0 Å². The topological polar surface area (TPSA) is 137 Å². The summed E-state index contributed by atoms with van der Waals surface area (Å²) in [4.78, 5) is 28.1. The first-order valence-electron chi connectivity index (χ1n) is 8.26. The Morgan fingerprint density at radius 3 is 2.81 bits per heavy atom. The van der Waals surface area contributed by atoms with E-state index in [1.54, 1.807) is 18.2 Å². The molecule has 3 heterocycles. The summed E-state index contributed by atoms with van der Waals surface area (Å²) in [5.41, 5.74) is 7.44. The van der Waals surface area contributed by atoms with Gasteiger partial charge in [-0.3, -0.25) is 19.8 Å². The van der Waals surface area contributed by atoms with E-state index in [1.807, 2.05) is 24.3 Å². The van der Waals surface area contributed by atoms with Crippen molar-refractivity contribution in [3.05, 3.63) is 74.9 Å². The van der Waals surface area contributed by atoms with Crippen molar-refractivity contribution in [1.82, 2.24) is 10.2 Å². The quantitative estimate of drug-likeness (QED) is 0.525. The highest BCUT2D eigenvalue weighted by molar-refractivity contribution is 5.82. The Labute approximate surface area is 152 Å². The average molecular weight is 364 g/mol. The minimum Gasteiger partial charge on any atom is -0.480 e. The molecule has 1 aliphatic rings. The van der Waals surface area contributed by atoms with E-state index in [9.17, 15) is 14.7 Å². The highest BCUT2D eigenvalue weighted by Crippen LogP contribution is 2.26. The summed E-state index contributed by atoms with van der Waals surface area (Å²) in [5, 5.41) is 16.0. The number of aliphatic carboxylic acids is 1. The molecule has 0 fully saturated rings. The number of rotatable bonds is 5. The molecule has 1 atom stereocenters. The lowest BCUT2D eigenvalue weighted by Gasteiger charge is -2.08. The Kier molecular flexibility index (Phi) is 4.09. The molecule has 3 aromatic rings. The summed E-state index contributed by atoms with van der Waals surface area (Å²) in [6, 6.07) is 9.76. The van der Waals surface area contributed by atoms with Gasteiger partial charge in [-0.15, -0.1) is 0 Å². The van der Waals surface area contributed by atoms with E-state index in [0.29, 0.717) is 33.6 Å². The fourth-order valence-corrected chi connectivity index (χ4v) is 3.06. The molecule has 2 aromatic heterocycles. The first-order valence-corrected chi connectivity index (χ1v) is 8.26. The molecule has 0 spiro atoms. The average Bonchev–Trinajstić information content (AvgIpc) is 3.36. The lowest BCUT2D eigenvalue weighted by molar-refractivity contribution is -0.138. The largest absolute Gasteiger partial charge is 0.480 e. The number of benzene rings is 1. The van der Waals surface area contributed by atoms with E-state index in [2.05, 4.69) is 15.2 Å². The first-order chi connectivity index (χ1) is 13.0. The molecule has 0 saturated heterocycles. The van der Waals surface area contributed by atoms with E-state index >= 15 is 0 Å². The van der Waals surface area contributed by atoms with Crippen LogP contribution in [0.5, 0.6) is 0 Å². The van der Waals surface area contributed by atoms with E-state index < -0.39 is 12.0 Å². The number of nitrogens with two attached hydrogens (primary N) is 1. The van der Waals surface area contributed by atoms with Crippen LogP contribution in [0.25, 0.3) is 23.1 Å². The Bertz CT molecular complexity index is 1220. The Morgan fingerprint density at radius 2 is 2.07 bits per heavy atom. The molecule has 0 bridgehead atoms. The van der Waals surface area contributed by atoms with Crippen molar-refractivity contribution in [2.24, 2.45) is 10.7 Å². The molecule has 1 aliphatic heterocycles. The van der Waals surface area contributed by atoms with Gasteiger partial charge in [-0.05, 0) is 29.8 Å². The number of furan rings is 1. The molecule has 0 aliphatic carbocycles. The third-order valence-corrected chi connectivity index (χ3v) is 4.38. The van der Waals surface area contributed by atoms with Gasteiger partial charge in [0.15, 0.2) is 5.76 Å². The highest BCUT2D eigenvalue weighted by atomic mass is 16.4. The van der Waals surface area contributed by atoms with Crippen molar-refractivity contribution >= 4 is 17.6 Å². The normalized spacial score (nSPS) is 15.6. The number of carbonyl (C=O) groups is 1. The summed E-state index contributed by atoms with van der Waals surface area (Å²) in [6.45, 7) is 0. The lowest BCUT2D eigenvalue weighted by Crippen LogP contribution is -2.32. The van der Waals surface area contributed by atoms with E-state index in [1.165, 1.54) is 6.26 Å². The predicted molar refractivity (Wildman–Crippen MR) is 98.0 cm³/mol. The zero-order valence-corrected chi connectivity index (χ0v) is 14.1. The molecule has 8 nitrogen and oxygen atoms in total. The number of hydrogen-bond acceptors (Lipinski definition) is 5. The molecule has 0 amide bonds. The number of H-pyrrole nitrogens is 2. The minimum atomic E-state index is -1.10. The maximum Gasteiger partial charge on any atom is 0.320 e. The van der Waals surface area contributed by atoms with Gasteiger partial charge in [0.1, 0.15) is 11.7 Å². The second kappa shape index (κ2) is 6.58. The standard InChI is InChI=1S/C19H16N4O4/c20-13(19(25)26)8-11-10-4-1-2-5-14(10)21-15(11)9-12-17(22-23-18(12)24)16-6-3-7-27-16/h1-7,9,13H,8,20H2,(H,25,26)(H2,22,23,24)/b15-9+. The van der Waals surface area contributed by atoms with Gasteiger partial charge < -0.3 is 15.3 Å². The van der Waals surface area contributed by atoms with Crippen LogP contribution in [0.15, 0.2) is 62.6 Å². The first kappa shape index (κ1) is 16.8. The number of fused-ring (bicyclic) bond motifs is 1. The van der Waals surface area contributed by atoms with Crippen LogP contribution in [0.4, 0.5) is 0 Å². The number of nitrogens with zero attached hydrogens (tertiary/aromatic N) is 1. The summed E-state index contributed by atoms with van der Waals surface area (Å²) < 4.78 is 5.37. The summed E-state index contributed by atoms with van der Waals surface area (Å²) >= 11 is 0. The number of allylic oxidation sites excluding steroid dienone is 1. The Hall–Kier alpha value is -3.65. The number of aromatic amines is 2. The zero-order chi connectivity index (χ0) is 19.0. The molecule has 4 rings (SSSR count). The molecule has 1 aromatic carbocycles. The molecule has 27 heavy (non-hydrogen) atoms. The molecule has 8 heteroatoms. The van der Waals surface area contributed by atoms with Gasteiger partial charge in [0.2, 0.25) is 0 Å². The predicted octanol–water partition coefficient (Wildman–Crippen LogP) is 0.590. The summed E-state index contributed by atoms with van der Waals surface area (Å²) in [5.74, 6) is -0.596. The molecule has 1 unspecified atom stereocenters. The number of carboxylic acids is 1. The van der Waals surface area contributed by atoms with Gasteiger partial charge in [-0.2, -0.15) is 0 Å². The number of carboxylic acid groups (broad SMARTS) is 1. The number of aromatic nitrogens is 2. The van der Waals surface area contributed by atoms with Crippen LogP contribution >= 0.6 is 0 Å². The van der Waals surface area contributed by atoms with Crippen molar-refractivity contribution in [1.29, 1.82) is 0 Å². The Morgan fingerprint density at radius 1 is 1.26 bits per heavy atom. The van der Waals surface area contributed by atoms with Gasteiger partial charge >= 0.3 is 5.97 Å². The molecule has 0 saturated carbocycles. The molecular weight excluding hydrogens is 348 g/mol. The summed E-state index contributed by atoms with van der Waals surface area (Å²) in [6.07, 6.45) is 3.23. The van der Waals surface area contributed by atoms with Crippen LogP contribution in [0, 0.1) is 0 Å². The van der Waals surface area contributed by atoms with Crippen molar-refractivity contribution < 1.29 is 14.3 Å². The van der Waals surface area contributed by atoms with E-state index in [0.717, 1.165) is 5.22 Å². The van der Waals surface area contributed by atoms with E-state index in [4.69, 9.17) is 10.2 Å². The monoisotopic (exact) mass is 364 g/mol. The van der Waals surface area contributed by atoms with Crippen LogP contribution in [-0.2, 0) is 4.79 Å². The van der Waals surface area contributed by atoms with Gasteiger partial charge in [0, 0.05) is 11.6 Å². The molecule has 0 radical (unpaired) electrons. The van der Waals surface area contributed by atoms with Crippen LogP contribution < -0.4 is 21.9 Å². The molecular formula is C19H16N4O4. The number of nitrogens with one attached hydrogen (secondary N) is 2. The third kappa shape index (κ3) is 3.02. The molecule has 5 N–H and O–H groups in total. The maximum atomic E-state index is 12.3. The van der Waals surface area contributed by atoms with Crippen LogP contribution in [0.3, 0.4) is 0 Å². The smallest absolute Gasteiger partial charge is 0.320 e. The van der Waals surface area contributed by atoms with Crippen molar-refractivity contribution in [2.45, 2.75) is 12.5 Å². The number of para-hydroxylation sites is 1. The van der Waals surface area contributed by atoms with Crippen molar-refractivity contribution in [3.8, 4) is 11.5 Å². The zero-order valence-electron chi connectivity index (χ0n) is 14.1. The number of hydrogen-bond donors (Lipinski definition) is 4. The van der Waals surface area contributed by atoms with Gasteiger partial charge in [-0.25, -0.2) is 4.99 Å². The third-order valence-electron chi connectivity index (χ3n) is 4.38. The van der Waals surface area contributed by atoms with Gasteiger partial charge in [0.25, 0.3) is 5.56 Å². The second-order valence-corrected chi connectivity index (χ2v) is 6.13. The van der Waals surface area contributed by atoms with Gasteiger partial charge in [0.05, 0.1) is 22.9 Å². The maximum absolute atomic E-state index is 12.3. The lowest BCUT2D eigenvalue weighted by atomic mass is 10.0. The van der Waals surface area contributed by atoms with Crippen LogP contribution in [-0.4, -0.2) is 27.3 Å². The van der Waals surface area contributed by atoms with Crippen molar-refractivity contribution in [3.63, 3.8) is 0 Å². The van der Waals surface area contributed by atoms with Crippen molar-refractivity contribution in [2.75, 3.05) is 0 Å². The fraction of sp³-hybridized carbons (Fsp3) is 0.105. The highest BCUT2D eigenvalue weighted by Gasteiger charge is 2.21.